The van der Waals surface area contributed by atoms with Crippen molar-refractivity contribution in [3.63, 3.8) is 0 Å². The van der Waals surface area contributed by atoms with Gasteiger partial charge in [-0.2, -0.15) is 0 Å². The first-order chi connectivity index (χ1) is 9.49. The van der Waals surface area contributed by atoms with E-state index >= 15 is 0 Å². The molecule has 1 aromatic rings. The maximum Gasteiger partial charge on any atom is 0.218 e. The van der Waals surface area contributed by atoms with Gasteiger partial charge in [0.2, 0.25) is 6.29 Å². The fourth-order valence-corrected chi connectivity index (χ4v) is 2.16. The number of halogens is 2. The minimum atomic E-state index is -1.03. The molecule has 0 fully saturated rings. The molecule has 0 bridgehead atoms. The van der Waals surface area contributed by atoms with Crippen LogP contribution < -0.4 is 0 Å². The highest BCUT2D eigenvalue weighted by Gasteiger charge is 2.23. The molecule has 0 atom stereocenters. The van der Waals surface area contributed by atoms with Gasteiger partial charge in [0.1, 0.15) is 5.82 Å². The Morgan fingerprint density at radius 1 is 1.25 bits per heavy atom. The van der Waals surface area contributed by atoms with Crippen LogP contribution in [0.2, 0.25) is 0 Å². The number of rotatable bonds is 8. The van der Waals surface area contributed by atoms with Crippen molar-refractivity contribution in [1.29, 1.82) is 0 Å². The standard InChI is InChI=1S/C14H16BrFO4/c1-3-19-14(20-4-2)13(18)8-12(17)10-6-5-9(16)7-11(10)15/h5-7,14H,3-4,8H2,1-2H3. The van der Waals surface area contributed by atoms with Crippen molar-refractivity contribution in [1.82, 2.24) is 0 Å². The number of Topliss-reactive ketones (excluding diaryl/α,β-unsaturated/α-hetero) is 2. The predicted octanol–water partition coefficient (Wildman–Crippen LogP) is 3.13. The highest BCUT2D eigenvalue weighted by molar-refractivity contribution is 9.10. The Bertz CT molecular complexity index is 484. The minimum absolute atomic E-state index is 0.256. The van der Waals surface area contributed by atoms with Gasteiger partial charge in [-0.3, -0.25) is 9.59 Å². The normalized spacial score (nSPS) is 10.8. The van der Waals surface area contributed by atoms with Gasteiger partial charge in [-0.15, -0.1) is 0 Å². The van der Waals surface area contributed by atoms with Crippen LogP contribution in [-0.4, -0.2) is 31.1 Å². The van der Waals surface area contributed by atoms with Crippen molar-refractivity contribution in [3.05, 3.63) is 34.1 Å². The fourth-order valence-electron chi connectivity index (χ4n) is 1.59. The van der Waals surface area contributed by atoms with Gasteiger partial charge in [-0.25, -0.2) is 4.39 Å². The number of ether oxygens (including phenoxy) is 2. The Labute approximate surface area is 125 Å². The van der Waals surface area contributed by atoms with Crippen molar-refractivity contribution in [2.24, 2.45) is 0 Å². The molecule has 4 nitrogen and oxygen atoms in total. The third-order valence-corrected chi connectivity index (χ3v) is 3.12. The predicted molar refractivity (Wildman–Crippen MR) is 75.1 cm³/mol. The van der Waals surface area contributed by atoms with Gasteiger partial charge in [0, 0.05) is 23.2 Å². The third kappa shape index (κ3) is 4.77. The Hall–Kier alpha value is -1.11. The van der Waals surface area contributed by atoms with E-state index in [1.165, 1.54) is 18.2 Å². The van der Waals surface area contributed by atoms with E-state index < -0.39 is 23.7 Å². The summed E-state index contributed by atoms with van der Waals surface area (Å²) in [6.07, 6.45) is -1.39. The second-order valence-electron chi connectivity index (χ2n) is 3.93. The van der Waals surface area contributed by atoms with Crippen LogP contribution in [0, 0.1) is 5.82 Å². The molecule has 0 N–H and O–H groups in total. The van der Waals surface area contributed by atoms with E-state index in [-0.39, 0.29) is 12.0 Å². The van der Waals surface area contributed by atoms with Gasteiger partial charge in [0.15, 0.2) is 11.6 Å². The second kappa shape index (κ2) is 8.24. The number of benzene rings is 1. The maximum absolute atomic E-state index is 13.0. The van der Waals surface area contributed by atoms with E-state index in [9.17, 15) is 14.0 Å². The van der Waals surface area contributed by atoms with Crippen LogP contribution in [0.5, 0.6) is 0 Å². The van der Waals surface area contributed by atoms with E-state index in [0.717, 1.165) is 0 Å². The second-order valence-corrected chi connectivity index (χ2v) is 4.79. The highest BCUT2D eigenvalue weighted by Crippen LogP contribution is 2.20. The van der Waals surface area contributed by atoms with Crippen LogP contribution in [0.3, 0.4) is 0 Å². The van der Waals surface area contributed by atoms with E-state index in [1.807, 2.05) is 0 Å². The molecule has 0 saturated carbocycles. The van der Waals surface area contributed by atoms with Gasteiger partial charge in [-0.05, 0) is 48.0 Å². The summed E-state index contributed by atoms with van der Waals surface area (Å²) in [5.41, 5.74) is 0.256. The van der Waals surface area contributed by atoms with Crippen LogP contribution in [-0.2, 0) is 14.3 Å². The molecule has 0 radical (unpaired) electrons. The lowest BCUT2D eigenvalue weighted by molar-refractivity contribution is -0.166. The maximum atomic E-state index is 13.0. The summed E-state index contributed by atoms with van der Waals surface area (Å²) < 4.78 is 23.5. The minimum Gasteiger partial charge on any atom is -0.346 e. The number of hydrogen-bond donors (Lipinski definition) is 0. The number of ketones is 2. The molecule has 0 heterocycles. The summed E-state index contributed by atoms with van der Waals surface area (Å²) in [6.45, 7) is 4.09. The zero-order valence-electron chi connectivity index (χ0n) is 11.3. The third-order valence-electron chi connectivity index (χ3n) is 2.47. The van der Waals surface area contributed by atoms with Crippen LogP contribution >= 0.6 is 15.9 Å². The Balaban J connectivity index is 2.75. The zero-order valence-corrected chi connectivity index (χ0v) is 12.9. The summed E-state index contributed by atoms with van der Waals surface area (Å²) in [7, 11) is 0. The molecule has 0 spiro atoms. The Kier molecular flexibility index (Phi) is 6.98. The van der Waals surface area contributed by atoms with Gasteiger partial charge < -0.3 is 9.47 Å². The number of hydrogen-bond acceptors (Lipinski definition) is 4. The summed E-state index contributed by atoms with van der Waals surface area (Å²) in [4.78, 5) is 23.9. The molecule has 0 aliphatic carbocycles. The molecular formula is C14H16BrFO4. The van der Waals surface area contributed by atoms with E-state index in [2.05, 4.69) is 15.9 Å². The SMILES string of the molecule is CCOC(OCC)C(=O)CC(=O)c1ccc(F)cc1Br. The monoisotopic (exact) mass is 346 g/mol. The molecule has 0 saturated heterocycles. The van der Waals surface area contributed by atoms with Gasteiger partial charge in [0.05, 0.1) is 6.42 Å². The Morgan fingerprint density at radius 2 is 1.85 bits per heavy atom. The van der Waals surface area contributed by atoms with E-state index in [4.69, 9.17) is 9.47 Å². The molecule has 1 rings (SSSR count). The molecule has 0 unspecified atom stereocenters. The highest BCUT2D eigenvalue weighted by atomic mass is 79.9. The summed E-state index contributed by atoms with van der Waals surface area (Å²) in [6, 6.07) is 3.69. The molecule has 0 aliphatic rings. The lowest BCUT2D eigenvalue weighted by Gasteiger charge is -2.15. The summed E-state index contributed by atoms with van der Waals surface area (Å²) >= 11 is 3.10. The number of carbonyl (C=O) groups is 2. The lowest BCUT2D eigenvalue weighted by Crippen LogP contribution is -2.29. The first kappa shape index (κ1) is 16.9. The quantitative estimate of drug-likeness (QED) is 0.412. The lowest BCUT2D eigenvalue weighted by atomic mass is 10.1. The largest absolute Gasteiger partial charge is 0.346 e. The van der Waals surface area contributed by atoms with Crippen molar-refractivity contribution in [2.45, 2.75) is 26.6 Å². The molecule has 0 amide bonds. The van der Waals surface area contributed by atoms with E-state index in [0.29, 0.717) is 17.7 Å². The molecule has 0 aromatic heterocycles. The van der Waals surface area contributed by atoms with Crippen LogP contribution in [0.4, 0.5) is 4.39 Å². The average Bonchev–Trinajstić information content (AvgIpc) is 2.38. The molecule has 20 heavy (non-hydrogen) atoms. The van der Waals surface area contributed by atoms with Gasteiger partial charge >= 0.3 is 0 Å². The topological polar surface area (TPSA) is 52.6 Å². The van der Waals surface area contributed by atoms with Gasteiger partial charge in [0.25, 0.3) is 0 Å². The zero-order chi connectivity index (χ0) is 15.1. The van der Waals surface area contributed by atoms with Crippen LogP contribution in [0.25, 0.3) is 0 Å². The smallest absolute Gasteiger partial charge is 0.218 e. The first-order valence-corrected chi connectivity index (χ1v) is 7.03. The van der Waals surface area contributed by atoms with Crippen molar-refractivity contribution >= 4 is 27.5 Å². The van der Waals surface area contributed by atoms with Crippen molar-refractivity contribution in [3.8, 4) is 0 Å². The fraction of sp³-hybridized carbons (Fsp3) is 0.429. The van der Waals surface area contributed by atoms with E-state index in [1.54, 1.807) is 13.8 Å². The summed E-state index contributed by atoms with van der Waals surface area (Å²) in [5.74, 6) is -1.32. The Morgan fingerprint density at radius 3 is 2.35 bits per heavy atom. The molecule has 110 valence electrons. The molecule has 6 heteroatoms. The average molecular weight is 347 g/mol. The van der Waals surface area contributed by atoms with Crippen molar-refractivity contribution in [2.75, 3.05) is 13.2 Å². The van der Waals surface area contributed by atoms with Crippen molar-refractivity contribution < 1.29 is 23.5 Å². The number of carbonyl (C=O) groups excluding carboxylic acids is 2. The molecular weight excluding hydrogens is 331 g/mol. The molecule has 1 aromatic carbocycles. The van der Waals surface area contributed by atoms with Crippen LogP contribution in [0.1, 0.15) is 30.6 Å². The first-order valence-electron chi connectivity index (χ1n) is 6.23. The van der Waals surface area contributed by atoms with Crippen LogP contribution in [0.15, 0.2) is 22.7 Å². The summed E-state index contributed by atoms with van der Waals surface area (Å²) in [5, 5.41) is 0. The molecule has 0 aliphatic heterocycles. The van der Waals surface area contributed by atoms with Gasteiger partial charge in [-0.1, -0.05) is 0 Å².